The van der Waals surface area contributed by atoms with E-state index in [0.717, 1.165) is 44.7 Å². The Hall–Kier alpha value is -0.0375. The molecule has 1 atom stereocenters. The highest BCUT2D eigenvalue weighted by Gasteiger charge is 2.14. The van der Waals surface area contributed by atoms with E-state index in [1.165, 1.54) is 83.5 Å². The number of hydrogen-bond donors (Lipinski definition) is 0. The van der Waals surface area contributed by atoms with Crippen LogP contribution in [0.3, 0.4) is 0 Å². The molecule has 0 aromatic rings. The second-order valence-corrected chi connectivity index (χ2v) is 8.77. The van der Waals surface area contributed by atoms with Crippen LogP contribution >= 0.6 is 0 Å². The van der Waals surface area contributed by atoms with E-state index in [2.05, 4.69) is 13.8 Å². The molecule has 1 unspecified atom stereocenters. The Morgan fingerprint density at radius 2 is 1.29 bits per heavy atom. The van der Waals surface area contributed by atoms with Gasteiger partial charge in [-0.05, 0) is 25.2 Å². The first-order valence-corrected chi connectivity index (χ1v) is 12.2. The smallest absolute Gasteiger partial charge is 0.325 e. The monoisotopic (exact) mass is 411 g/mol. The molecular formula is C24H50AlNO2. The Kier molecular flexibility index (Phi) is 20.2. The lowest BCUT2D eigenvalue weighted by Gasteiger charge is -2.24. The maximum absolute atomic E-state index is 11.9. The van der Waals surface area contributed by atoms with E-state index in [4.69, 9.17) is 4.84 Å². The summed E-state index contributed by atoms with van der Waals surface area (Å²) >= 11 is 0. The minimum Gasteiger partial charge on any atom is -0.368 e. The number of nitrogens with zero attached hydrogens (tertiary/aromatic N) is 1. The summed E-state index contributed by atoms with van der Waals surface area (Å²) in [5.74, 6) is 0.774. The van der Waals surface area contributed by atoms with Crippen molar-refractivity contribution in [3.8, 4) is 0 Å². The molecule has 1 fully saturated rings. The maximum Gasteiger partial charge on any atom is 0.325 e. The van der Waals surface area contributed by atoms with Crippen LogP contribution in [0.25, 0.3) is 0 Å². The van der Waals surface area contributed by atoms with Gasteiger partial charge in [0.2, 0.25) is 0 Å². The second-order valence-electron chi connectivity index (χ2n) is 8.77. The molecule has 0 spiro atoms. The van der Waals surface area contributed by atoms with Crippen molar-refractivity contribution in [1.82, 2.24) is 5.06 Å². The van der Waals surface area contributed by atoms with Crippen LogP contribution in [0, 0.1) is 5.92 Å². The van der Waals surface area contributed by atoms with Crippen molar-refractivity contribution in [2.24, 2.45) is 5.92 Å². The number of rotatable bonds is 17. The zero-order chi connectivity index (χ0) is 19.6. The summed E-state index contributed by atoms with van der Waals surface area (Å²) in [5.41, 5.74) is 0. The molecule has 1 aliphatic heterocycles. The van der Waals surface area contributed by atoms with Gasteiger partial charge in [-0.1, -0.05) is 104 Å². The number of carbonyl (C=O) groups excluding carboxylic acids is 1. The number of carbonyl (C=O) groups is 1. The van der Waals surface area contributed by atoms with Crippen LogP contribution in [0.4, 0.5) is 0 Å². The van der Waals surface area contributed by atoms with Crippen molar-refractivity contribution >= 4 is 23.3 Å². The number of unbranched alkanes of at least 4 members (excludes halogenated alkanes) is 10. The van der Waals surface area contributed by atoms with Gasteiger partial charge in [0.05, 0.1) is 0 Å². The summed E-state index contributed by atoms with van der Waals surface area (Å²) in [6, 6.07) is 0. The van der Waals surface area contributed by atoms with Gasteiger partial charge >= 0.3 is 5.97 Å². The molecule has 0 aromatic heterocycles. The van der Waals surface area contributed by atoms with Gasteiger partial charge in [0, 0.05) is 19.5 Å². The number of hydroxylamine groups is 2. The molecule has 0 aromatic carbocycles. The van der Waals surface area contributed by atoms with Gasteiger partial charge in [-0.15, -0.1) is 5.06 Å². The van der Waals surface area contributed by atoms with Crippen molar-refractivity contribution in [3.05, 3.63) is 0 Å². The highest BCUT2D eigenvalue weighted by atomic mass is 27.0. The van der Waals surface area contributed by atoms with Gasteiger partial charge in [0.1, 0.15) is 0 Å². The summed E-state index contributed by atoms with van der Waals surface area (Å²) in [5, 5.41) is 1.86. The molecule has 0 amide bonds. The Balaban J connectivity index is 0.00000729. The van der Waals surface area contributed by atoms with Gasteiger partial charge in [-0.3, -0.25) is 4.79 Å². The highest BCUT2D eigenvalue weighted by Crippen LogP contribution is 2.18. The van der Waals surface area contributed by atoms with Crippen LogP contribution in [-0.2, 0) is 9.63 Å². The number of hydrogen-bond acceptors (Lipinski definition) is 3. The van der Waals surface area contributed by atoms with E-state index >= 15 is 0 Å². The summed E-state index contributed by atoms with van der Waals surface area (Å²) in [7, 11) is 0. The quantitative estimate of drug-likeness (QED) is 0.209. The second kappa shape index (κ2) is 20.2. The molecule has 1 aliphatic rings. The molecule has 1 heterocycles. The van der Waals surface area contributed by atoms with Gasteiger partial charge in [0.25, 0.3) is 0 Å². The zero-order valence-electron chi connectivity index (χ0n) is 18.5. The van der Waals surface area contributed by atoms with Gasteiger partial charge in [-0.2, -0.15) is 0 Å². The summed E-state index contributed by atoms with van der Waals surface area (Å²) in [6.07, 6.45) is 23.1. The van der Waals surface area contributed by atoms with Crippen LogP contribution in [-0.4, -0.2) is 41.5 Å². The molecule has 0 N–H and O–H groups in total. The predicted octanol–water partition coefficient (Wildman–Crippen LogP) is 6.25. The van der Waals surface area contributed by atoms with Crippen LogP contribution in [0.2, 0.25) is 0 Å². The molecule has 0 radical (unpaired) electrons. The zero-order valence-corrected chi connectivity index (χ0v) is 18.5. The molecule has 28 heavy (non-hydrogen) atoms. The lowest BCUT2D eigenvalue weighted by Crippen LogP contribution is -2.32. The molecule has 3 nitrogen and oxygen atoms in total. The van der Waals surface area contributed by atoms with Crippen molar-refractivity contribution in [2.45, 2.75) is 129 Å². The average Bonchev–Trinajstić information content (AvgIpc) is 2.67. The summed E-state index contributed by atoms with van der Waals surface area (Å²) in [4.78, 5) is 17.3. The van der Waals surface area contributed by atoms with E-state index < -0.39 is 0 Å². The number of piperidine rings is 1. The third-order valence-corrected chi connectivity index (χ3v) is 5.92. The molecule has 1 rings (SSSR count). The van der Waals surface area contributed by atoms with E-state index in [0.29, 0.717) is 6.42 Å². The molecule has 1 saturated heterocycles. The van der Waals surface area contributed by atoms with Crippen LogP contribution in [0.1, 0.15) is 129 Å². The topological polar surface area (TPSA) is 29.5 Å². The summed E-state index contributed by atoms with van der Waals surface area (Å²) < 4.78 is 0. The predicted molar refractivity (Wildman–Crippen MR) is 126 cm³/mol. The minimum absolute atomic E-state index is 0. The fraction of sp³-hybridized carbons (Fsp3) is 0.958. The largest absolute Gasteiger partial charge is 0.368 e. The molecular weight excluding hydrogens is 361 g/mol. The van der Waals surface area contributed by atoms with Gasteiger partial charge in [0.15, 0.2) is 17.4 Å². The van der Waals surface area contributed by atoms with Crippen molar-refractivity contribution in [1.29, 1.82) is 0 Å². The lowest BCUT2D eigenvalue weighted by molar-refractivity contribution is -0.194. The molecule has 4 heteroatoms. The maximum atomic E-state index is 11.9. The Bertz CT molecular complexity index is 345. The Morgan fingerprint density at radius 1 is 0.786 bits per heavy atom. The van der Waals surface area contributed by atoms with Crippen LogP contribution < -0.4 is 0 Å². The molecule has 166 valence electrons. The third kappa shape index (κ3) is 16.9. The fourth-order valence-electron chi connectivity index (χ4n) is 4.03. The SMILES string of the molecule is CCCCCCCCCCCCC(C)CCCCC(=O)ON1CCCCC1.[AlH3]. The van der Waals surface area contributed by atoms with E-state index in [9.17, 15) is 4.79 Å². The van der Waals surface area contributed by atoms with Crippen molar-refractivity contribution in [2.75, 3.05) is 13.1 Å². The molecule has 0 aliphatic carbocycles. The lowest BCUT2D eigenvalue weighted by atomic mass is 9.96. The third-order valence-electron chi connectivity index (χ3n) is 5.92. The van der Waals surface area contributed by atoms with Crippen LogP contribution in [0.15, 0.2) is 0 Å². The molecule has 0 saturated carbocycles. The van der Waals surface area contributed by atoms with Gasteiger partial charge < -0.3 is 4.84 Å². The van der Waals surface area contributed by atoms with E-state index in [1.54, 1.807) is 0 Å². The molecule has 0 bridgehead atoms. The normalized spacial score (nSPS) is 15.8. The minimum atomic E-state index is -0.0285. The first-order valence-electron chi connectivity index (χ1n) is 12.2. The van der Waals surface area contributed by atoms with Crippen molar-refractivity contribution in [3.63, 3.8) is 0 Å². The van der Waals surface area contributed by atoms with Crippen molar-refractivity contribution < 1.29 is 9.63 Å². The van der Waals surface area contributed by atoms with Gasteiger partial charge in [-0.25, -0.2) is 0 Å². The fourth-order valence-corrected chi connectivity index (χ4v) is 4.03. The van der Waals surface area contributed by atoms with E-state index in [-0.39, 0.29) is 23.3 Å². The standard InChI is InChI=1S/C24H47NO2.Al.3H/c1-3-4-5-6-7-8-9-10-11-13-18-23(2)19-14-15-20-24(26)27-25-21-16-12-17-22-25;;;;/h23H,3-22H2,1-2H3;;;;. The summed E-state index contributed by atoms with van der Waals surface area (Å²) in [6.45, 7) is 6.49. The highest BCUT2D eigenvalue weighted by molar-refractivity contribution is 5.75. The van der Waals surface area contributed by atoms with E-state index in [1.807, 2.05) is 5.06 Å². The average molecular weight is 412 g/mol. The Labute approximate surface area is 186 Å². The first-order chi connectivity index (χ1) is 13.2. The first kappa shape index (κ1) is 28.0. The van der Waals surface area contributed by atoms with Crippen LogP contribution in [0.5, 0.6) is 0 Å². The Morgan fingerprint density at radius 3 is 1.86 bits per heavy atom.